The number of carbonyl (C=O) groups is 1. The first-order valence-corrected chi connectivity index (χ1v) is 4.85. The fraction of sp³-hybridized carbons (Fsp3) is 0.400. The number of carbonyl (C=O) groups excluding carboxylic acids is 1. The Morgan fingerprint density at radius 1 is 1.47 bits per heavy atom. The maximum Gasteiger partial charge on any atom is 0.250 e. The van der Waals surface area contributed by atoms with Gasteiger partial charge in [0, 0.05) is 19.3 Å². The van der Waals surface area contributed by atoms with Crippen LogP contribution in [0.25, 0.3) is 0 Å². The third-order valence-corrected chi connectivity index (χ3v) is 2.42. The Bertz CT molecular complexity index is 361. The van der Waals surface area contributed by atoms with Crippen molar-refractivity contribution in [2.45, 2.75) is 0 Å². The summed E-state index contributed by atoms with van der Waals surface area (Å²) in [5.41, 5.74) is 6.62. The van der Waals surface area contributed by atoms with Crippen molar-refractivity contribution in [2.24, 2.45) is 5.73 Å². The summed E-state index contributed by atoms with van der Waals surface area (Å²) in [6, 6.07) is 1.65. The first-order valence-electron chi connectivity index (χ1n) is 4.85. The van der Waals surface area contributed by atoms with Crippen LogP contribution in [0.1, 0.15) is 10.4 Å². The summed E-state index contributed by atoms with van der Waals surface area (Å²) in [5.74, 6) is -0.418. The van der Waals surface area contributed by atoms with Crippen molar-refractivity contribution in [2.75, 3.05) is 31.2 Å². The molecule has 15 heavy (non-hydrogen) atoms. The van der Waals surface area contributed by atoms with Crippen LogP contribution in [0.4, 0.5) is 5.69 Å². The first kappa shape index (κ1) is 9.92. The number of anilines is 1. The molecule has 1 amide bonds. The van der Waals surface area contributed by atoms with Crippen LogP contribution in [0.15, 0.2) is 18.5 Å². The Morgan fingerprint density at radius 3 is 2.87 bits per heavy atom. The van der Waals surface area contributed by atoms with Crippen LogP contribution in [0.2, 0.25) is 0 Å². The van der Waals surface area contributed by atoms with Gasteiger partial charge in [-0.3, -0.25) is 9.78 Å². The summed E-state index contributed by atoms with van der Waals surface area (Å²) in [7, 11) is 0. The molecule has 0 radical (unpaired) electrons. The lowest BCUT2D eigenvalue weighted by Crippen LogP contribution is -2.37. The molecule has 1 aliphatic rings. The van der Waals surface area contributed by atoms with Gasteiger partial charge in [0.25, 0.3) is 5.91 Å². The topological polar surface area (TPSA) is 68.5 Å². The third-order valence-electron chi connectivity index (χ3n) is 2.42. The van der Waals surface area contributed by atoms with Crippen molar-refractivity contribution in [3.8, 4) is 0 Å². The van der Waals surface area contributed by atoms with Crippen molar-refractivity contribution in [1.82, 2.24) is 4.98 Å². The predicted octanol–water partition coefficient (Wildman–Crippen LogP) is 0.0171. The zero-order valence-electron chi connectivity index (χ0n) is 8.35. The smallest absolute Gasteiger partial charge is 0.250 e. The van der Waals surface area contributed by atoms with Crippen molar-refractivity contribution >= 4 is 11.6 Å². The molecule has 5 nitrogen and oxygen atoms in total. The number of primary amides is 1. The molecule has 1 saturated heterocycles. The van der Waals surface area contributed by atoms with Crippen LogP contribution in [-0.4, -0.2) is 37.2 Å². The van der Waals surface area contributed by atoms with Crippen molar-refractivity contribution in [3.63, 3.8) is 0 Å². The molecule has 2 N–H and O–H groups in total. The first-order chi connectivity index (χ1) is 7.29. The van der Waals surface area contributed by atoms with Gasteiger partial charge < -0.3 is 15.4 Å². The molecular weight excluding hydrogens is 194 g/mol. The number of hydrogen-bond acceptors (Lipinski definition) is 4. The standard InChI is InChI=1S/C10H13N3O2/c11-10(14)8-1-2-12-7-9(8)13-3-5-15-6-4-13/h1-2,7H,3-6H2,(H2,11,14). The Morgan fingerprint density at radius 2 is 2.20 bits per heavy atom. The number of ether oxygens (including phenoxy) is 1. The molecule has 0 spiro atoms. The average molecular weight is 207 g/mol. The lowest BCUT2D eigenvalue weighted by atomic mass is 10.2. The molecule has 0 aliphatic carbocycles. The lowest BCUT2D eigenvalue weighted by Gasteiger charge is -2.29. The maximum atomic E-state index is 11.2. The number of nitrogens with two attached hydrogens (primary N) is 1. The van der Waals surface area contributed by atoms with E-state index in [9.17, 15) is 4.79 Å². The van der Waals surface area contributed by atoms with Crippen LogP contribution in [0.5, 0.6) is 0 Å². The van der Waals surface area contributed by atoms with E-state index < -0.39 is 5.91 Å². The van der Waals surface area contributed by atoms with Gasteiger partial charge in [0.1, 0.15) is 0 Å². The summed E-state index contributed by atoms with van der Waals surface area (Å²) >= 11 is 0. The highest BCUT2D eigenvalue weighted by molar-refractivity contribution is 5.98. The van der Waals surface area contributed by atoms with Crippen LogP contribution in [-0.2, 0) is 4.74 Å². The Kier molecular flexibility index (Phi) is 2.82. The summed E-state index contributed by atoms with van der Waals surface area (Å²) < 4.78 is 5.24. The van der Waals surface area contributed by atoms with Gasteiger partial charge in [-0.05, 0) is 6.07 Å². The van der Waals surface area contributed by atoms with Gasteiger partial charge in [-0.2, -0.15) is 0 Å². The summed E-state index contributed by atoms with van der Waals surface area (Å²) in [5, 5.41) is 0. The number of amides is 1. The quantitative estimate of drug-likeness (QED) is 0.742. The van der Waals surface area contributed by atoms with Crippen molar-refractivity contribution in [1.29, 1.82) is 0 Å². The maximum absolute atomic E-state index is 11.2. The number of hydrogen-bond donors (Lipinski definition) is 1. The number of rotatable bonds is 2. The van der Waals surface area contributed by atoms with E-state index >= 15 is 0 Å². The van der Waals surface area contributed by atoms with E-state index in [1.165, 1.54) is 0 Å². The molecule has 2 heterocycles. The molecule has 0 atom stereocenters. The van der Waals surface area contributed by atoms with Gasteiger partial charge in [0.15, 0.2) is 0 Å². The molecule has 1 aromatic heterocycles. The minimum absolute atomic E-state index is 0.418. The van der Waals surface area contributed by atoms with E-state index in [1.54, 1.807) is 18.5 Å². The third kappa shape index (κ3) is 2.07. The molecule has 80 valence electrons. The predicted molar refractivity (Wildman–Crippen MR) is 55.8 cm³/mol. The highest BCUT2D eigenvalue weighted by Crippen LogP contribution is 2.19. The largest absolute Gasteiger partial charge is 0.378 e. The minimum Gasteiger partial charge on any atom is -0.378 e. The fourth-order valence-corrected chi connectivity index (χ4v) is 1.65. The molecule has 5 heteroatoms. The second kappa shape index (κ2) is 4.27. The molecule has 2 rings (SSSR count). The molecule has 0 bridgehead atoms. The van der Waals surface area contributed by atoms with E-state index in [2.05, 4.69) is 9.88 Å². The van der Waals surface area contributed by atoms with Gasteiger partial charge in [-0.25, -0.2) is 0 Å². The van der Waals surface area contributed by atoms with Gasteiger partial charge >= 0.3 is 0 Å². The van der Waals surface area contributed by atoms with Crippen molar-refractivity contribution in [3.05, 3.63) is 24.0 Å². The molecule has 0 unspecified atom stereocenters. The number of aromatic nitrogens is 1. The monoisotopic (exact) mass is 207 g/mol. The van der Waals surface area contributed by atoms with Gasteiger partial charge in [-0.15, -0.1) is 0 Å². The second-order valence-corrected chi connectivity index (χ2v) is 3.36. The summed E-state index contributed by atoms with van der Waals surface area (Å²) in [6.45, 7) is 2.89. The zero-order chi connectivity index (χ0) is 10.7. The minimum atomic E-state index is -0.418. The van der Waals surface area contributed by atoms with E-state index in [0.717, 1.165) is 18.8 Å². The van der Waals surface area contributed by atoms with Crippen LogP contribution >= 0.6 is 0 Å². The van der Waals surface area contributed by atoms with E-state index in [0.29, 0.717) is 18.8 Å². The molecule has 1 aliphatic heterocycles. The lowest BCUT2D eigenvalue weighted by molar-refractivity contribution is 0.0998. The number of pyridine rings is 1. The second-order valence-electron chi connectivity index (χ2n) is 3.36. The van der Waals surface area contributed by atoms with Crippen LogP contribution in [0, 0.1) is 0 Å². The molecular formula is C10H13N3O2. The SMILES string of the molecule is NC(=O)c1ccncc1N1CCOCC1. The van der Waals surface area contributed by atoms with Crippen molar-refractivity contribution < 1.29 is 9.53 Å². The average Bonchev–Trinajstić information content (AvgIpc) is 2.30. The van der Waals surface area contributed by atoms with E-state index in [4.69, 9.17) is 10.5 Å². The normalized spacial score (nSPS) is 16.4. The van der Waals surface area contributed by atoms with Crippen LogP contribution < -0.4 is 10.6 Å². The molecule has 0 aromatic carbocycles. The van der Waals surface area contributed by atoms with Gasteiger partial charge in [0.05, 0.1) is 30.7 Å². The Balaban J connectivity index is 2.29. The Labute approximate surface area is 87.8 Å². The number of morpholine rings is 1. The molecule has 1 aromatic rings. The molecule has 1 fully saturated rings. The Hall–Kier alpha value is -1.62. The van der Waals surface area contributed by atoms with E-state index in [-0.39, 0.29) is 0 Å². The highest BCUT2D eigenvalue weighted by Gasteiger charge is 2.16. The van der Waals surface area contributed by atoms with Gasteiger partial charge in [-0.1, -0.05) is 0 Å². The van der Waals surface area contributed by atoms with Crippen LogP contribution in [0.3, 0.4) is 0 Å². The highest BCUT2D eigenvalue weighted by atomic mass is 16.5. The van der Waals surface area contributed by atoms with Gasteiger partial charge in [0.2, 0.25) is 0 Å². The number of nitrogens with zero attached hydrogens (tertiary/aromatic N) is 2. The molecule has 0 saturated carbocycles. The fourth-order valence-electron chi connectivity index (χ4n) is 1.65. The summed E-state index contributed by atoms with van der Waals surface area (Å²) in [4.78, 5) is 17.3. The van der Waals surface area contributed by atoms with E-state index in [1.807, 2.05) is 0 Å². The summed E-state index contributed by atoms with van der Waals surface area (Å²) in [6.07, 6.45) is 3.25. The zero-order valence-corrected chi connectivity index (χ0v) is 8.35.